The van der Waals surface area contributed by atoms with E-state index in [0.29, 0.717) is 6.61 Å². The van der Waals surface area contributed by atoms with E-state index in [2.05, 4.69) is 20.0 Å². The maximum atomic E-state index is 12.5. The first-order valence-corrected chi connectivity index (χ1v) is 10.5. The van der Waals surface area contributed by atoms with Gasteiger partial charge >= 0.3 is 0 Å². The number of H-pyrrole nitrogens is 1. The van der Waals surface area contributed by atoms with E-state index < -0.39 is 16.1 Å². The van der Waals surface area contributed by atoms with E-state index >= 15 is 0 Å². The Hall–Kier alpha value is -1.97. The van der Waals surface area contributed by atoms with Crippen molar-refractivity contribution in [3.8, 4) is 0 Å². The molecule has 26 heavy (non-hydrogen) atoms. The number of sulfonamides is 1. The fraction of sp³-hybridized carbons (Fsp3) is 0.529. The van der Waals surface area contributed by atoms with Crippen LogP contribution < -0.4 is 10.0 Å². The van der Waals surface area contributed by atoms with E-state index in [-0.39, 0.29) is 30.4 Å². The number of fused-ring (bicyclic) bond motifs is 2. The van der Waals surface area contributed by atoms with Crippen molar-refractivity contribution in [3.05, 3.63) is 29.6 Å². The third kappa shape index (κ3) is 3.34. The van der Waals surface area contributed by atoms with Gasteiger partial charge in [-0.3, -0.25) is 4.79 Å². The zero-order chi connectivity index (χ0) is 18.5. The van der Waals surface area contributed by atoms with Crippen LogP contribution >= 0.6 is 0 Å². The van der Waals surface area contributed by atoms with Crippen molar-refractivity contribution in [2.75, 3.05) is 12.9 Å². The number of nitrogens with one attached hydrogen (secondary N) is 3. The third-order valence-electron chi connectivity index (χ3n) is 5.09. The van der Waals surface area contributed by atoms with Gasteiger partial charge in [0.15, 0.2) is 0 Å². The quantitative estimate of drug-likeness (QED) is 0.690. The average molecular weight is 378 g/mol. The molecule has 3 N–H and O–H groups in total. The topological polar surface area (TPSA) is 113 Å². The number of ether oxygens (including phenoxy) is 1. The Morgan fingerprint density at radius 3 is 2.96 bits per heavy atom. The molecule has 140 valence electrons. The van der Waals surface area contributed by atoms with Crippen LogP contribution in [0.2, 0.25) is 0 Å². The molecule has 2 aromatic rings. The Balaban J connectivity index is 1.44. The first-order chi connectivity index (χ1) is 12.3. The fourth-order valence-corrected chi connectivity index (χ4v) is 4.78. The van der Waals surface area contributed by atoms with Gasteiger partial charge in [-0.15, -0.1) is 0 Å². The zero-order valence-electron chi connectivity index (χ0n) is 14.7. The normalized spacial score (nSPS) is 27.9. The van der Waals surface area contributed by atoms with Crippen molar-refractivity contribution in [2.45, 2.75) is 38.0 Å². The van der Waals surface area contributed by atoms with Gasteiger partial charge in [0.2, 0.25) is 15.9 Å². The first kappa shape index (κ1) is 17.4. The predicted molar refractivity (Wildman–Crippen MR) is 96.1 cm³/mol. The first-order valence-electron chi connectivity index (χ1n) is 8.64. The Morgan fingerprint density at radius 1 is 1.38 bits per heavy atom. The van der Waals surface area contributed by atoms with E-state index in [4.69, 9.17) is 4.74 Å². The second kappa shape index (κ2) is 6.33. The minimum Gasteiger partial charge on any atom is -0.376 e. The molecule has 1 aliphatic heterocycles. The van der Waals surface area contributed by atoms with Crippen molar-refractivity contribution < 1.29 is 17.9 Å². The summed E-state index contributed by atoms with van der Waals surface area (Å²) in [5, 5.41) is 2.99. The number of nitrogens with zero attached hydrogens (tertiary/aromatic N) is 1. The molecule has 0 spiro atoms. The molecule has 0 bridgehead atoms. The van der Waals surface area contributed by atoms with Gasteiger partial charge in [-0.05, 0) is 31.0 Å². The van der Waals surface area contributed by atoms with Crippen molar-refractivity contribution in [3.63, 3.8) is 0 Å². The van der Waals surface area contributed by atoms with Gasteiger partial charge in [-0.2, -0.15) is 0 Å². The molecule has 1 aromatic heterocycles. The zero-order valence-corrected chi connectivity index (χ0v) is 15.5. The monoisotopic (exact) mass is 378 g/mol. The molecule has 2 aliphatic rings. The van der Waals surface area contributed by atoms with Crippen LogP contribution in [-0.4, -0.2) is 55.3 Å². The Morgan fingerprint density at radius 2 is 2.19 bits per heavy atom. The number of carbonyl (C=O) groups excluding carboxylic acids is 1. The maximum Gasteiger partial charge on any atom is 0.224 e. The molecule has 1 saturated carbocycles. The van der Waals surface area contributed by atoms with Crippen LogP contribution in [0.4, 0.5) is 0 Å². The number of aromatic nitrogens is 2. The summed E-state index contributed by atoms with van der Waals surface area (Å²) in [4.78, 5) is 20.0. The van der Waals surface area contributed by atoms with Gasteiger partial charge < -0.3 is 15.0 Å². The molecular formula is C17H22N4O4S. The molecule has 8 nitrogen and oxygen atoms in total. The SMILES string of the molecule is Cc1nc2ccc(CC(=O)N[C@H]3[C@H]4CCO[C@H]4[C@@H]3NS(C)(=O)=O)cc2[nH]1. The second-order valence-electron chi connectivity index (χ2n) is 7.15. The Kier molecular flexibility index (Phi) is 4.25. The lowest BCUT2D eigenvalue weighted by atomic mass is 9.72. The average Bonchev–Trinajstić information content (AvgIpc) is 3.12. The maximum absolute atomic E-state index is 12.5. The molecule has 1 amide bonds. The summed E-state index contributed by atoms with van der Waals surface area (Å²) in [7, 11) is -3.36. The van der Waals surface area contributed by atoms with Crippen LogP contribution in [0.3, 0.4) is 0 Å². The predicted octanol–water partition coefficient (Wildman–Crippen LogP) is 0.235. The van der Waals surface area contributed by atoms with Crippen LogP contribution in [0.25, 0.3) is 11.0 Å². The summed E-state index contributed by atoms with van der Waals surface area (Å²) >= 11 is 0. The van der Waals surface area contributed by atoms with Crippen LogP contribution in [-0.2, 0) is 26.0 Å². The summed E-state index contributed by atoms with van der Waals surface area (Å²) in [6, 6.07) is 5.06. The van der Waals surface area contributed by atoms with Gasteiger partial charge in [0.05, 0.1) is 41.9 Å². The largest absolute Gasteiger partial charge is 0.376 e. The van der Waals surface area contributed by atoms with E-state index in [0.717, 1.165) is 35.1 Å². The molecule has 2 fully saturated rings. The number of hydrogen-bond donors (Lipinski definition) is 3. The van der Waals surface area contributed by atoms with Crippen molar-refractivity contribution >= 4 is 27.0 Å². The molecule has 4 rings (SSSR count). The summed E-state index contributed by atoms with van der Waals surface area (Å²) in [5.41, 5.74) is 2.65. The molecule has 1 saturated heterocycles. The van der Waals surface area contributed by atoms with Gasteiger partial charge in [0.25, 0.3) is 0 Å². The van der Waals surface area contributed by atoms with Crippen molar-refractivity contribution in [1.29, 1.82) is 0 Å². The number of aryl methyl sites for hydroxylation is 1. The minimum absolute atomic E-state index is 0.128. The summed E-state index contributed by atoms with van der Waals surface area (Å²) < 4.78 is 31.4. The van der Waals surface area contributed by atoms with E-state index in [9.17, 15) is 13.2 Å². The number of rotatable bonds is 5. The minimum atomic E-state index is -3.36. The van der Waals surface area contributed by atoms with Gasteiger partial charge in [0, 0.05) is 12.5 Å². The molecule has 1 aromatic carbocycles. The van der Waals surface area contributed by atoms with E-state index in [1.807, 2.05) is 25.1 Å². The molecule has 0 unspecified atom stereocenters. The van der Waals surface area contributed by atoms with E-state index in [1.54, 1.807) is 0 Å². The van der Waals surface area contributed by atoms with Crippen LogP contribution in [0.1, 0.15) is 17.8 Å². The standard InChI is InChI=1S/C17H22N4O4S/c1-9-18-12-4-3-10(7-13(12)19-9)8-14(22)20-15-11-5-6-25-17(11)16(15)21-26(2,23)24/h3-4,7,11,15-17,21H,5-6,8H2,1-2H3,(H,18,19)(H,20,22)/t11-,15+,16-,17-/m1/s1. The molecule has 1 aliphatic carbocycles. The molecule has 4 atom stereocenters. The lowest BCUT2D eigenvalue weighted by molar-refractivity contribution is -0.124. The summed E-state index contributed by atoms with van der Waals surface area (Å²) in [5.74, 6) is 0.866. The van der Waals surface area contributed by atoms with Crippen molar-refractivity contribution in [2.24, 2.45) is 5.92 Å². The highest BCUT2D eigenvalue weighted by atomic mass is 32.2. The second-order valence-corrected chi connectivity index (χ2v) is 8.93. The number of imidazole rings is 1. The number of hydrogen-bond acceptors (Lipinski definition) is 5. The summed E-state index contributed by atoms with van der Waals surface area (Å²) in [6.45, 7) is 2.48. The van der Waals surface area contributed by atoms with Gasteiger partial charge in [0.1, 0.15) is 5.82 Å². The van der Waals surface area contributed by atoms with E-state index in [1.165, 1.54) is 0 Å². The smallest absolute Gasteiger partial charge is 0.224 e. The molecule has 9 heteroatoms. The number of aromatic amines is 1. The lowest BCUT2D eigenvalue weighted by Crippen LogP contribution is -2.70. The third-order valence-corrected chi connectivity index (χ3v) is 5.79. The van der Waals surface area contributed by atoms with Crippen LogP contribution in [0, 0.1) is 12.8 Å². The Labute approximate surface area is 151 Å². The van der Waals surface area contributed by atoms with Gasteiger partial charge in [-0.25, -0.2) is 18.1 Å². The summed E-state index contributed by atoms with van der Waals surface area (Å²) in [6.07, 6.45) is 2.03. The number of amides is 1. The molecule has 2 heterocycles. The van der Waals surface area contributed by atoms with Crippen molar-refractivity contribution in [1.82, 2.24) is 20.0 Å². The molecule has 0 radical (unpaired) electrons. The number of benzene rings is 1. The lowest BCUT2D eigenvalue weighted by Gasteiger charge is -2.47. The Bertz CT molecular complexity index is 955. The highest BCUT2D eigenvalue weighted by molar-refractivity contribution is 7.88. The molecular weight excluding hydrogens is 356 g/mol. The van der Waals surface area contributed by atoms with Crippen LogP contribution in [0.15, 0.2) is 18.2 Å². The number of carbonyl (C=O) groups is 1. The van der Waals surface area contributed by atoms with Crippen LogP contribution in [0.5, 0.6) is 0 Å². The highest BCUT2D eigenvalue weighted by Crippen LogP contribution is 2.39. The highest BCUT2D eigenvalue weighted by Gasteiger charge is 2.55. The fourth-order valence-electron chi connectivity index (χ4n) is 4.01. The van der Waals surface area contributed by atoms with Gasteiger partial charge in [-0.1, -0.05) is 6.07 Å².